The largest absolute Gasteiger partial charge is 0.467 e. The molecule has 0 radical (unpaired) electrons. The average molecular weight is 799 g/mol. The lowest BCUT2D eigenvalue weighted by molar-refractivity contribution is -0.377. The highest BCUT2D eigenvalue weighted by atomic mass is 16.8. The summed E-state index contributed by atoms with van der Waals surface area (Å²) in [6, 6.07) is 8.06. The van der Waals surface area contributed by atoms with Crippen molar-refractivity contribution >= 4 is 29.8 Å². The fraction of sp³-hybridized carbons (Fsp3) is 0.659. The van der Waals surface area contributed by atoms with Gasteiger partial charge in [-0.05, 0) is 96.1 Å². The lowest BCUT2D eigenvalue weighted by Gasteiger charge is -2.50. The summed E-state index contributed by atoms with van der Waals surface area (Å²) in [5, 5.41) is 13.0. The quantitative estimate of drug-likeness (QED) is 0.106. The molecule has 0 spiro atoms. The van der Waals surface area contributed by atoms with Crippen molar-refractivity contribution in [2.75, 3.05) is 7.11 Å². The zero-order valence-electron chi connectivity index (χ0n) is 35.6. The molecule has 4 rings (SSSR count). The summed E-state index contributed by atoms with van der Waals surface area (Å²) >= 11 is 0. The second-order valence-corrected chi connectivity index (χ2v) is 17.9. The van der Waals surface area contributed by atoms with E-state index in [1.54, 1.807) is 6.08 Å². The van der Waals surface area contributed by atoms with E-state index in [2.05, 4.69) is 32.9 Å². The Kier molecular flexibility index (Phi) is 13.9. The predicted molar refractivity (Wildman–Crippen MR) is 208 cm³/mol. The van der Waals surface area contributed by atoms with Crippen molar-refractivity contribution in [3.05, 3.63) is 59.2 Å². The number of hydrogen-bond donors (Lipinski definition) is 1. The number of ether oxygens (including phenoxy) is 7. The fourth-order valence-electron chi connectivity index (χ4n) is 7.87. The Morgan fingerprint density at radius 1 is 0.947 bits per heavy atom. The normalized spacial score (nSPS) is 29.6. The Balaban J connectivity index is 1.99. The summed E-state index contributed by atoms with van der Waals surface area (Å²) in [4.78, 5) is 70.3. The summed E-state index contributed by atoms with van der Waals surface area (Å²) < 4.78 is 41.6. The monoisotopic (exact) mass is 798 g/mol. The number of allylic oxidation sites excluding steroid dienone is 3. The van der Waals surface area contributed by atoms with E-state index in [-0.39, 0.29) is 24.7 Å². The number of carbonyl (C=O) groups is 5. The first-order valence-corrected chi connectivity index (χ1v) is 19.9. The molecule has 1 N–H and O–H groups in total. The standard InChI is InChI=1S/C44H62O13/c1-13-26(2)22-27(3)18-19-33(46)53-35-34(52-29(5)45)42(21-20-30-23-28(4)24-31-16-14-15-17-32(31)25-30)54-36(37(47)51-12)43(50,38(48)55-40(6,7)8)44(35,57-42)39(49)56-41(9,10)11/h14-19,23,26-28,34-36,50H,13,20-22,24-25H2,1-12H3/b19-18+/t26-,27+,28-,34+,35+,36+,42-,43+,44-/m0/s1. The maximum atomic E-state index is 15.0. The molecule has 57 heavy (non-hydrogen) atoms. The zero-order valence-corrected chi connectivity index (χ0v) is 35.6. The van der Waals surface area contributed by atoms with Crippen LogP contribution in [0.15, 0.2) is 48.1 Å². The van der Waals surface area contributed by atoms with Gasteiger partial charge in [0.25, 0.3) is 5.60 Å². The lowest BCUT2D eigenvalue weighted by Crippen LogP contribution is -2.79. The highest BCUT2D eigenvalue weighted by Gasteiger charge is 2.87. The minimum Gasteiger partial charge on any atom is -0.467 e. The average Bonchev–Trinajstić information content (AvgIpc) is 3.20. The van der Waals surface area contributed by atoms with E-state index in [4.69, 9.17) is 33.2 Å². The molecule has 316 valence electrons. The van der Waals surface area contributed by atoms with Gasteiger partial charge in [0.2, 0.25) is 17.5 Å². The second-order valence-electron chi connectivity index (χ2n) is 17.9. The number of aliphatic hydroxyl groups is 1. The van der Waals surface area contributed by atoms with E-state index < -0.39 is 76.3 Å². The highest BCUT2D eigenvalue weighted by Crippen LogP contribution is 2.58. The molecule has 2 saturated heterocycles. The Hall–Kier alpha value is -4.07. The van der Waals surface area contributed by atoms with E-state index in [0.29, 0.717) is 12.3 Å². The van der Waals surface area contributed by atoms with Crippen LogP contribution in [0.1, 0.15) is 113 Å². The van der Waals surface area contributed by atoms with Crippen molar-refractivity contribution in [2.45, 2.75) is 161 Å². The number of carbonyl (C=O) groups excluding carboxylic acids is 5. The molecule has 0 amide bonds. The van der Waals surface area contributed by atoms with Crippen LogP contribution >= 0.6 is 0 Å². The van der Waals surface area contributed by atoms with Gasteiger partial charge in [-0.3, -0.25) is 4.79 Å². The number of hydrogen-bond acceptors (Lipinski definition) is 13. The smallest absolute Gasteiger partial charge is 0.347 e. The van der Waals surface area contributed by atoms with Crippen LogP contribution in [0.5, 0.6) is 0 Å². The Morgan fingerprint density at radius 3 is 2.14 bits per heavy atom. The van der Waals surface area contributed by atoms with E-state index in [9.17, 15) is 29.1 Å². The summed E-state index contributed by atoms with van der Waals surface area (Å²) in [7, 11) is 1.01. The van der Waals surface area contributed by atoms with Crippen molar-refractivity contribution in [1.82, 2.24) is 0 Å². The number of rotatable bonds is 13. The van der Waals surface area contributed by atoms with Gasteiger partial charge in [-0.2, -0.15) is 0 Å². The van der Waals surface area contributed by atoms with Gasteiger partial charge in [-0.15, -0.1) is 0 Å². The molecule has 1 aromatic rings. The molecule has 0 saturated carbocycles. The zero-order chi connectivity index (χ0) is 42.7. The minimum atomic E-state index is -3.44. The second kappa shape index (κ2) is 17.4. The third-order valence-electron chi connectivity index (χ3n) is 10.5. The molecule has 2 bridgehead atoms. The molecular formula is C44H62O13. The molecule has 2 heterocycles. The van der Waals surface area contributed by atoms with Crippen molar-refractivity contribution in [2.24, 2.45) is 17.8 Å². The van der Waals surface area contributed by atoms with Crippen LogP contribution in [-0.4, -0.2) is 88.6 Å². The topological polar surface area (TPSA) is 170 Å². The number of fused-ring (bicyclic) bond motifs is 3. The van der Waals surface area contributed by atoms with Crippen LogP contribution in [0.3, 0.4) is 0 Å². The van der Waals surface area contributed by atoms with E-state index in [0.717, 1.165) is 50.5 Å². The van der Waals surface area contributed by atoms with Gasteiger partial charge >= 0.3 is 29.8 Å². The van der Waals surface area contributed by atoms with Gasteiger partial charge in [0, 0.05) is 19.4 Å². The first kappa shape index (κ1) is 45.6. The number of benzene rings is 1. The molecule has 13 nitrogen and oxygen atoms in total. The molecule has 2 aliphatic heterocycles. The van der Waals surface area contributed by atoms with Gasteiger partial charge in [0.1, 0.15) is 11.2 Å². The van der Waals surface area contributed by atoms with Crippen molar-refractivity contribution in [3.63, 3.8) is 0 Å². The summed E-state index contributed by atoms with van der Waals surface area (Å²) in [5.41, 5.74) is -5.92. The number of esters is 5. The van der Waals surface area contributed by atoms with E-state index in [1.807, 2.05) is 25.1 Å². The van der Waals surface area contributed by atoms with Gasteiger partial charge in [0.05, 0.1) is 7.11 Å². The van der Waals surface area contributed by atoms with Crippen LogP contribution < -0.4 is 0 Å². The van der Waals surface area contributed by atoms with Crippen LogP contribution in [0, 0.1) is 17.8 Å². The van der Waals surface area contributed by atoms with Gasteiger partial charge in [0.15, 0.2) is 12.2 Å². The van der Waals surface area contributed by atoms with Crippen LogP contribution in [-0.2, 0) is 70.0 Å². The van der Waals surface area contributed by atoms with Crippen molar-refractivity contribution in [3.8, 4) is 0 Å². The van der Waals surface area contributed by atoms with E-state index >= 15 is 0 Å². The maximum absolute atomic E-state index is 15.0. The summed E-state index contributed by atoms with van der Waals surface area (Å²) in [6.45, 7) is 18.4. The molecular weight excluding hydrogens is 736 g/mol. The molecule has 1 aromatic carbocycles. The Morgan fingerprint density at radius 2 is 1.56 bits per heavy atom. The molecule has 3 aliphatic rings. The lowest BCUT2D eigenvalue weighted by atomic mass is 9.74. The van der Waals surface area contributed by atoms with Crippen molar-refractivity contribution in [1.29, 1.82) is 0 Å². The Labute approximate surface area is 336 Å². The Bertz CT molecular complexity index is 1730. The fourth-order valence-corrected chi connectivity index (χ4v) is 7.87. The predicted octanol–water partition coefficient (Wildman–Crippen LogP) is 6.05. The molecule has 0 aromatic heterocycles. The SMILES string of the molecule is CC[C@H](C)C[C@H](C)/C=C/C(=O)O[C@@H]1[C@@H](OC(C)=O)[C@@]2(CCC3=C[C@H](C)Cc4ccccc4C3)O[C@H](C(=O)OC)[C@@](O)(C(=O)OC(C)(C)C)[C@]1(C(=O)OC(C)(C)C)O2. The minimum absolute atomic E-state index is 0.0620. The molecule has 13 heteroatoms. The molecule has 2 fully saturated rings. The van der Waals surface area contributed by atoms with Crippen LogP contribution in [0.25, 0.3) is 0 Å². The highest BCUT2D eigenvalue weighted by molar-refractivity contribution is 6.00. The van der Waals surface area contributed by atoms with Crippen LogP contribution in [0.2, 0.25) is 0 Å². The first-order valence-electron chi connectivity index (χ1n) is 19.9. The van der Waals surface area contributed by atoms with E-state index in [1.165, 1.54) is 47.1 Å². The molecule has 0 unspecified atom stereocenters. The summed E-state index contributed by atoms with van der Waals surface area (Å²) in [6.07, 6.45) is 1.65. The third-order valence-corrected chi connectivity index (χ3v) is 10.5. The third kappa shape index (κ3) is 9.97. The molecule has 9 atom stereocenters. The van der Waals surface area contributed by atoms with Crippen molar-refractivity contribution < 1.29 is 62.2 Å². The van der Waals surface area contributed by atoms with Gasteiger partial charge in [-0.1, -0.05) is 76.1 Å². The summed E-state index contributed by atoms with van der Waals surface area (Å²) in [5.74, 6) is -8.00. The van der Waals surface area contributed by atoms with Gasteiger partial charge < -0.3 is 38.3 Å². The first-order chi connectivity index (χ1) is 26.4. The maximum Gasteiger partial charge on any atom is 0.347 e. The molecule has 1 aliphatic carbocycles. The van der Waals surface area contributed by atoms with Crippen LogP contribution in [0.4, 0.5) is 0 Å². The van der Waals surface area contributed by atoms with Gasteiger partial charge in [-0.25, -0.2) is 19.2 Å². The number of methoxy groups -OCH3 is 1.